The van der Waals surface area contributed by atoms with E-state index < -0.39 is 23.7 Å². The lowest BCUT2D eigenvalue weighted by atomic mass is 10.1. The summed E-state index contributed by atoms with van der Waals surface area (Å²) in [6.07, 6.45) is -0.00595. The highest BCUT2D eigenvalue weighted by atomic mass is 79.9. The van der Waals surface area contributed by atoms with Crippen molar-refractivity contribution in [3.05, 3.63) is 68.4 Å². The molecule has 120 valence electrons. The number of rotatable bonds is 5. The zero-order valence-electron chi connectivity index (χ0n) is 11.7. The van der Waals surface area contributed by atoms with Gasteiger partial charge in [-0.3, -0.25) is 4.79 Å². The van der Waals surface area contributed by atoms with E-state index in [-0.39, 0.29) is 6.42 Å². The summed E-state index contributed by atoms with van der Waals surface area (Å²) >= 11 is 6.54. The van der Waals surface area contributed by atoms with Gasteiger partial charge in [0.15, 0.2) is 0 Å². The Bertz CT molecular complexity index is 732. The molecule has 0 heterocycles. The fraction of sp³-hybridized carbons (Fsp3) is 0.125. The second kappa shape index (κ2) is 7.70. The van der Waals surface area contributed by atoms with Gasteiger partial charge >= 0.3 is 5.97 Å². The Hall–Kier alpha value is -1.73. The number of hydrogen-bond acceptors (Lipinski definition) is 2. The second-order valence-corrected chi connectivity index (χ2v) is 6.69. The fourth-order valence-corrected chi connectivity index (χ4v) is 3.32. The average Bonchev–Trinajstić information content (AvgIpc) is 2.45. The molecule has 0 bridgehead atoms. The van der Waals surface area contributed by atoms with E-state index in [1.807, 2.05) is 0 Å². The third kappa shape index (κ3) is 5.14. The van der Waals surface area contributed by atoms with Crippen molar-refractivity contribution in [1.82, 2.24) is 5.32 Å². The highest BCUT2D eigenvalue weighted by Crippen LogP contribution is 2.20. The number of hydrogen-bond donors (Lipinski definition) is 2. The normalized spacial score (nSPS) is 11.8. The van der Waals surface area contributed by atoms with Crippen molar-refractivity contribution in [3.63, 3.8) is 0 Å². The highest BCUT2D eigenvalue weighted by Gasteiger charge is 2.21. The largest absolute Gasteiger partial charge is 0.480 e. The van der Waals surface area contributed by atoms with Crippen LogP contribution in [0.1, 0.15) is 15.9 Å². The summed E-state index contributed by atoms with van der Waals surface area (Å²) in [7, 11) is 0. The van der Waals surface area contributed by atoms with Crippen LogP contribution in [0.5, 0.6) is 0 Å². The molecule has 1 atom stereocenters. The lowest BCUT2D eigenvalue weighted by Crippen LogP contribution is -2.42. The van der Waals surface area contributed by atoms with E-state index in [0.29, 0.717) is 20.1 Å². The van der Waals surface area contributed by atoms with Gasteiger partial charge in [0.1, 0.15) is 11.9 Å². The number of carboxylic acids is 1. The van der Waals surface area contributed by atoms with Crippen molar-refractivity contribution in [1.29, 1.82) is 0 Å². The molecule has 0 unspecified atom stereocenters. The van der Waals surface area contributed by atoms with Crippen molar-refractivity contribution in [2.75, 3.05) is 0 Å². The fourth-order valence-electron chi connectivity index (χ4n) is 2.03. The molecule has 2 aromatic rings. The van der Waals surface area contributed by atoms with E-state index in [0.717, 1.165) is 0 Å². The van der Waals surface area contributed by atoms with Crippen molar-refractivity contribution in [2.45, 2.75) is 12.5 Å². The molecular formula is C16H12Br2FNO3. The lowest BCUT2D eigenvalue weighted by Gasteiger charge is -2.15. The van der Waals surface area contributed by atoms with E-state index >= 15 is 0 Å². The maximum atomic E-state index is 13.2. The van der Waals surface area contributed by atoms with Gasteiger partial charge in [0, 0.05) is 20.9 Å². The summed E-state index contributed by atoms with van der Waals surface area (Å²) in [5.74, 6) is -2.15. The Morgan fingerprint density at radius 1 is 1.13 bits per heavy atom. The number of nitrogens with one attached hydrogen (secondary N) is 1. The molecule has 0 aliphatic heterocycles. The van der Waals surface area contributed by atoms with Crippen molar-refractivity contribution < 1.29 is 19.1 Å². The predicted molar refractivity (Wildman–Crippen MR) is 90.8 cm³/mol. The maximum absolute atomic E-state index is 13.2. The number of carbonyl (C=O) groups is 2. The molecule has 0 fully saturated rings. The van der Waals surface area contributed by atoms with Crippen molar-refractivity contribution in [2.24, 2.45) is 0 Å². The summed E-state index contributed by atoms with van der Waals surface area (Å²) in [5, 5.41) is 11.7. The monoisotopic (exact) mass is 443 g/mol. The van der Waals surface area contributed by atoms with Crippen LogP contribution in [0.3, 0.4) is 0 Å². The number of aliphatic carboxylic acids is 1. The molecular weight excluding hydrogens is 433 g/mol. The van der Waals surface area contributed by atoms with Gasteiger partial charge in [-0.05, 0) is 35.9 Å². The lowest BCUT2D eigenvalue weighted by molar-refractivity contribution is -0.139. The van der Waals surface area contributed by atoms with Crippen LogP contribution in [0.15, 0.2) is 51.4 Å². The van der Waals surface area contributed by atoms with Crippen LogP contribution >= 0.6 is 31.9 Å². The first-order valence-electron chi connectivity index (χ1n) is 6.59. The Morgan fingerprint density at radius 2 is 1.78 bits per heavy atom. The summed E-state index contributed by atoms with van der Waals surface area (Å²) in [4.78, 5) is 23.6. The number of benzene rings is 2. The molecule has 2 aromatic carbocycles. The van der Waals surface area contributed by atoms with Crippen molar-refractivity contribution in [3.8, 4) is 0 Å². The van der Waals surface area contributed by atoms with E-state index in [1.165, 1.54) is 18.2 Å². The zero-order chi connectivity index (χ0) is 17.0. The van der Waals surface area contributed by atoms with Crippen LogP contribution in [0.4, 0.5) is 4.39 Å². The maximum Gasteiger partial charge on any atom is 0.326 e. The standard InChI is InChI=1S/C16H12Br2FNO3/c17-11-6-10(7-12(18)8-11)15(21)20-14(16(22)23)5-9-2-1-3-13(19)4-9/h1-4,6-8,14H,5H2,(H,20,21)(H,22,23)/t14-/m0/s1. The minimum atomic E-state index is -1.18. The van der Waals surface area contributed by atoms with Gasteiger partial charge < -0.3 is 10.4 Å². The molecule has 0 radical (unpaired) electrons. The quantitative estimate of drug-likeness (QED) is 0.737. The number of carbonyl (C=O) groups excluding carboxylic acids is 1. The first kappa shape index (κ1) is 17.6. The summed E-state index contributed by atoms with van der Waals surface area (Å²) in [6.45, 7) is 0. The van der Waals surface area contributed by atoms with Crippen LogP contribution in [0.25, 0.3) is 0 Å². The van der Waals surface area contributed by atoms with E-state index in [1.54, 1.807) is 24.3 Å². The van der Waals surface area contributed by atoms with Gasteiger partial charge in [0.2, 0.25) is 0 Å². The van der Waals surface area contributed by atoms with Crippen LogP contribution in [0, 0.1) is 5.82 Å². The molecule has 0 aliphatic rings. The second-order valence-electron chi connectivity index (χ2n) is 4.86. The molecule has 7 heteroatoms. The molecule has 0 saturated carbocycles. The predicted octanol–water partition coefficient (Wildman–Crippen LogP) is 3.78. The van der Waals surface area contributed by atoms with Crippen LogP contribution in [-0.2, 0) is 11.2 Å². The molecule has 2 rings (SSSR count). The minimum Gasteiger partial charge on any atom is -0.480 e. The first-order valence-corrected chi connectivity index (χ1v) is 8.18. The molecule has 23 heavy (non-hydrogen) atoms. The van der Waals surface area contributed by atoms with E-state index in [2.05, 4.69) is 37.2 Å². The number of amides is 1. The Morgan fingerprint density at radius 3 is 2.35 bits per heavy atom. The SMILES string of the molecule is O=C(N[C@@H](Cc1cccc(F)c1)C(=O)O)c1cc(Br)cc(Br)c1. The number of halogens is 3. The van der Waals surface area contributed by atoms with Gasteiger partial charge in [0.25, 0.3) is 5.91 Å². The first-order chi connectivity index (χ1) is 10.8. The van der Waals surface area contributed by atoms with Gasteiger partial charge in [-0.15, -0.1) is 0 Å². The average molecular weight is 445 g/mol. The Kier molecular flexibility index (Phi) is 5.90. The Labute approximate surface area is 149 Å². The van der Waals surface area contributed by atoms with Crippen LogP contribution in [0.2, 0.25) is 0 Å². The Balaban J connectivity index is 2.15. The molecule has 2 N–H and O–H groups in total. The van der Waals surface area contributed by atoms with Gasteiger partial charge in [-0.25, -0.2) is 9.18 Å². The van der Waals surface area contributed by atoms with Gasteiger partial charge in [0.05, 0.1) is 0 Å². The molecule has 4 nitrogen and oxygen atoms in total. The zero-order valence-corrected chi connectivity index (χ0v) is 14.9. The van der Waals surface area contributed by atoms with Gasteiger partial charge in [-0.1, -0.05) is 44.0 Å². The number of carboxylic acid groups (broad SMARTS) is 1. The summed E-state index contributed by atoms with van der Waals surface area (Å²) in [5.41, 5.74) is 0.810. The molecule has 1 amide bonds. The summed E-state index contributed by atoms with van der Waals surface area (Å²) < 4.78 is 14.6. The minimum absolute atomic E-state index is 0.00595. The molecule has 0 spiro atoms. The summed E-state index contributed by atoms with van der Waals surface area (Å²) in [6, 6.07) is 9.41. The molecule has 0 aliphatic carbocycles. The van der Waals surface area contributed by atoms with E-state index in [4.69, 9.17) is 0 Å². The third-order valence-corrected chi connectivity index (χ3v) is 3.97. The molecule has 0 saturated heterocycles. The van der Waals surface area contributed by atoms with Gasteiger partial charge in [-0.2, -0.15) is 0 Å². The molecule has 0 aromatic heterocycles. The highest BCUT2D eigenvalue weighted by molar-refractivity contribution is 9.11. The van der Waals surface area contributed by atoms with Crippen LogP contribution in [-0.4, -0.2) is 23.0 Å². The van der Waals surface area contributed by atoms with Crippen LogP contribution < -0.4 is 5.32 Å². The topological polar surface area (TPSA) is 66.4 Å². The van der Waals surface area contributed by atoms with E-state index in [9.17, 15) is 19.1 Å². The van der Waals surface area contributed by atoms with Crippen molar-refractivity contribution >= 4 is 43.7 Å². The third-order valence-electron chi connectivity index (χ3n) is 3.06. The smallest absolute Gasteiger partial charge is 0.326 e.